The minimum Gasteiger partial charge on any atom is -0.454 e. The van der Waals surface area contributed by atoms with E-state index in [1.165, 1.54) is 0 Å². The predicted octanol–water partition coefficient (Wildman–Crippen LogP) is 1.36. The van der Waals surface area contributed by atoms with E-state index in [4.69, 9.17) is 9.47 Å². The quantitative estimate of drug-likeness (QED) is 0.904. The molecular formula is C15H15N3O3. The molecule has 1 aromatic heterocycles. The maximum atomic E-state index is 12.3. The summed E-state index contributed by atoms with van der Waals surface area (Å²) in [6.45, 7) is 1.10. The Morgan fingerprint density at radius 2 is 2.24 bits per heavy atom. The summed E-state index contributed by atoms with van der Waals surface area (Å²) >= 11 is 0. The first-order chi connectivity index (χ1) is 10.3. The third kappa shape index (κ3) is 2.22. The number of nitrogens with zero attached hydrogens (tertiary/aromatic N) is 2. The maximum absolute atomic E-state index is 12.3. The second-order valence-corrected chi connectivity index (χ2v) is 5.27. The number of aryl methyl sites for hydroxylation is 1. The largest absolute Gasteiger partial charge is 0.454 e. The molecule has 0 saturated heterocycles. The first kappa shape index (κ1) is 12.3. The molecule has 21 heavy (non-hydrogen) atoms. The fraction of sp³-hybridized carbons (Fsp3) is 0.333. The molecule has 0 bridgehead atoms. The van der Waals surface area contributed by atoms with E-state index in [0.29, 0.717) is 17.1 Å². The molecule has 1 N–H and O–H groups in total. The zero-order valence-corrected chi connectivity index (χ0v) is 11.4. The Labute approximate surface area is 121 Å². The number of benzene rings is 1. The molecule has 2 aliphatic heterocycles. The molecule has 6 nitrogen and oxygen atoms in total. The molecule has 1 aromatic carbocycles. The fourth-order valence-corrected chi connectivity index (χ4v) is 2.78. The number of imidazole rings is 1. The number of hydrogen-bond donors (Lipinski definition) is 1. The van der Waals surface area contributed by atoms with Crippen LogP contribution in [0.2, 0.25) is 0 Å². The van der Waals surface area contributed by atoms with Gasteiger partial charge in [0, 0.05) is 37.0 Å². The van der Waals surface area contributed by atoms with E-state index in [0.717, 1.165) is 25.2 Å². The molecule has 1 unspecified atom stereocenters. The van der Waals surface area contributed by atoms with E-state index in [2.05, 4.69) is 14.9 Å². The lowest BCUT2D eigenvalue weighted by molar-refractivity contribution is 0.0930. The van der Waals surface area contributed by atoms with Gasteiger partial charge >= 0.3 is 0 Å². The SMILES string of the molecule is O=C(NC1CCn2ccnc2C1)c1ccc2c(c1)OCO2. The van der Waals surface area contributed by atoms with Crippen LogP contribution in [0.25, 0.3) is 0 Å². The molecule has 0 saturated carbocycles. The summed E-state index contributed by atoms with van der Waals surface area (Å²) in [6.07, 6.45) is 5.46. The van der Waals surface area contributed by atoms with Crippen LogP contribution < -0.4 is 14.8 Å². The first-order valence-corrected chi connectivity index (χ1v) is 7.00. The van der Waals surface area contributed by atoms with Crippen molar-refractivity contribution in [3.05, 3.63) is 42.0 Å². The van der Waals surface area contributed by atoms with Crippen LogP contribution in [0.5, 0.6) is 11.5 Å². The number of amides is 1. The second kappa shape index (κ2) is 4.80. The molecule has 0 fully saturated rings. The summed E-state index contributed by atoms with van der Waals surface area (Å²) in [4.78, 5) is 16.6. The Bertz CT molecular complexity index is 695. The van der Waals surface area contributed by atoms with Crippen LogP contribution in [0.3, 0.4) is 0 Å². The molecule has 6 heteroatoms. The zero-order valence-electron chi connectivity index (χ0n) is 11.4. The van der Waals surface area contributed by atoms with Crippen molar-refractivity contribution >= 4 is 5.91 Å². The minimum atomic E-state index is -0.0849. The third-order valence-electron chi connectivity index (χ3n) is 3.92. The molecule has 108 valence electrons. The van der Waals surface area contributed by atoms with Crippen LogP contribution in [0.1, 0.15) is 22.6 Å². The van der Waals surface area contributed by atoms with Gasteiger partial charge in [0.2, 0.25) is 6.79 Å². The van der Waals surface area contributed by atoms with E-state index in [1.807, 2.05) is 6.20 Å². The fourth-order valence-electron chi connectivity index (χ4n) is 2.78. The lowest BCUT2D eigenvalue weighted by Crippen LogP contribution is -2.40. The first-order valence-electron chi connectivity index (χ1n) is 7.00. The van der Waals surface area contributed by atoms with Crippen LogP contribution >= 0.6 is 0 Å². The van der Waals surface area contributed by atoms with Gasteiger partial charge < -0.3 is 19.4 Å². The highest BCUT2D eigenvalue weighted by Crippen LogP contribution is 2.32. The highest BCUT2D eigenvalue weighted by Gasteiger charge is 2.22. The average Bonchev–Trinajstić information content (AvgIpc) is 3.14. The Morgan fingerprint density at radius 1 is 1.33 bits per heavy atom. The van der Waals surface area contributed by atoms with Gasteiger partial charge in [0.05, 0.1) is 0 Å². The van der Waals surface area contributed by atoms with E-state index < -0.39 is 0 Å². The minimum absolute atomic E-state index is 0.0849. The van der Waals surface area contributed by atoms with Gasteiger partial charge in [-0.1, -0.05) is 0 Å². The smallest absolute Gasteiger partial charge is 0.251 e. The lowest BCUT2D eigenvalue weighted by atomic mass is 10.1. The number of carbonyl (C=O) groups is 1. The molecule has 1 atom stereocenters. The van der Waals surface area contributed by atoms with Crippen molar-refractivity contribution in [3.8, 4) is 11.5 Å². The van der Waals surface area contributed by atoms with Crippen molar-refractivity contribution in [2.45, 2.75) is 25.4 Å². The zero-order chi connectivity index (χ0) is 14.2. The molecule has 0 spiro atoms. The molecular weight excluding hydrogens is 270 g/mol. The van der Waals surface area contributed by atoms with Crippen LogP contribution in [0, 0.1) is 0 Å². The lowest BCUT2D eigenvalue weighted by Gasteiger charge is -2.24. The number of hydrogen-bond acceptors (Lipinski definition) is 4. The van der Waals surface area contributed by atoms with Crippen LogP contribution in [-0.4, -0.2) is 28.3 Å². The number of fused-ring (bicyclic) bond motifs is 2. The van der Waals surface area contributed by atoms with Gasteiger partial charge in [0.15, 0.2) is 11.5 Å². The van der Waals surface area contributed by atoms with Crippen molar-refractivity contribution in [2.75, 3.05) is 6.79 Å². The van der Waals surface area contributed by atoms with Crippen molar-refractivity contribution in [1.29, 1.82) is 0 Å². The summed E-state index contributed by atoms with van der Waals surface area (Å²) in [5.41, 5.74) is 0.591. The normalized spacial score (nSPS) is 19.1. The standard InChI is InChI=1S/C15H15N3O3/c19-15(10-1-2-12-13(7-10)21-9-20-12)17-11-3-5-18-6-4-16-14(18)8-11/h1-2,4,6-7,11H,3,5,8-9H2,(H,17,19). The summed E-state index contributed by atoms with van der Waals surface area (Å²) in [6, 6.07) is 5.37. The van der Waals surface area contributed by atoms with Crippen LogP contribution in [0.4, 0.5) is 0 Å². The topological polar surface area (TPSA) is 65.4 Å². The highest BCUT2D eigenvalue weighted by atomic mass is 16.7. The van der Waals surface area contributed by atoms with Gasteiger partial charge in [-0.3, -0.25) is 4.79 Å². The van der Waals surface area contributed by atoms with Gasteiger partial charge in [0.25, 0.3) is 5.91 Å². The Kier molecular flexibility index (Phi) is 2.80. The number of carbonyl (C=O) groups excluding carboxylic acids is 1. The second-order valence-electron chi connectivity index (χ2n) is 5.27. The molecule has 3 heterocycles. The van der Waals surface area contributed by atoms with Crippen molar-refractivity contribution in [3.63, 3.8) is 0 Å². The van der Waals surface area contributed by atoms with E-state index in [1.54, 1.807) is 24.4 Å². The summed E-state index contributed by atoms with van der Waals surface area (Å²) in [7, 11) is 0. The number of rotatable bonds is 2. The Morgan fingerprint density at radius 3 is 3.19 bits per heavy atom. The molecule has 0 radical (unpaired) electrons. The van der Waals surface area contributed by atoms with Crippen LogP contribution in [0.15, 0.2) is 30.6 Å². The predicted molar refractivity (Wildman–Crippen MR) is 74.4 cm³/mol. The van der Waals surface area contributed by atoms with Gasteiger partial charge in [-0.15, -0.1) is 0 Å². The number of aromatic nitrogens is 2. The van der Waals surface area contributed by atoms with Gasteiger partial charge in [-0.05, 0) is 24.6 Å². The van der Waals surface area contributed by atoms with E-state index >= 15 is 0 Å². The van der Waals surface area contributed by atoms with Crippen molar-refractivity contribution in [1.82, 2.24) is 14.9 Å². The number of ether oxygens (including phenoxy) is 2. The highest BCUT2D eigenvalue weighted by molar-refractivity contribution is 5.95. The molecule has 4 rings (SSSR count). The monoisotopic (exact) mass is 285 g/mol. The molecule has 0 aliphatic carbocycles. The average molecular weight is 285 g/mol. The number of nitrogens with one attached hydrogen (secondary N) is 1. The molecule has 2 aliphatic rings. The Balaban J connectivity index is 1.47. The molecule has 1 amide bonds. The van der Waals surface area contributed by atoms with Crippen LogP contribution in [-0.2, 0) is 13.0 Å². The van der Waals surface area contributed by atoms with E-state index in [9.17, 15) is 4.79 Å². The molecule has 2 aromatic rings. The third-order valence-corrected chi connectivity index (χ3v) is 3.92. The summed E-state index contributed by atoms with van der Waals surface area (Å²) in [5, 5.41) is 3.07. The summed E-state index contributed by atoms with van der Waals surface area (Å²) < 4.78 is 12.7. The van der Waals surface area contributed by atoms with Crippen molar-refractivity contribution in [2.24, 2.45) is 0 Å². The summed E-state index contributed by atoms with van der Waals surface area (Å²) in [5.74, 6) is 2.25. The van der Waals surface area contributed by atoms with Gasteiger partial charge in [0.1, 0.15) is 5.82 Å². The Hall–Kier alpha value is -2.50. The maximum Gasteiger partial charge on any atom is 0.251 e. The van der Waals surface area contributed by atoms with Gasteiger partial charge in [-0.25, -0.2) is 4.98 Å². The van der Waals surface area contributed by atoms with Crippen molar-refractivity contribution < 1.29 is 14.3 Å². The van der Waals surface area contributed by atoms with Gasteiger partial charge in [-0.2, -0.15) is 0 Å². The van der Waals surface area contributed by atoms with E-state index in [-0.39, 0.29) is 18.7 Å².